The smallest absolute Gasteiger partial charge is 0.226 e. The molecule has 148 valence electrons. The molecule has 0 saturated carbocycles. The second-order valence-electron chi connectivity index (χ2n) is 6.67. The van der Waals surface area contributed by atoms with Gasteiger partial charge in [0.2, 0.25) is 17.6 Å². The summed E-state index contributed by atoms with van der Waals surface area (Å²) in [6, 6.07) is 11.7. The number of carbonyl (C=O) groups is 1. The first-order valence-corrected chi connectivity index (χ1v) is 9.45. The average molecular weight is 393 g/mol. The van der Waals surface area contributed by atoms with Crippen molar-refractivity contribution in [1.29, 1.82) is 0 Å². The number of hydrogen-bond acceptors (Lipinski definition) is 5. The predicted molar refractivity (Wildman–Crippen MR) is 105 cm³/mol. The number of rotatable bonds is 8. The van der Waals surface area contributed by atoms with Crippen molar-refractivity contribution in [3.05, 3.63) is 72.3 Å². The van der Waals surface area contributed by atoms with Crippen molar-refractivity contribution < 1.29 is 13.7 Å². The largest absolute Gasteiger partial charge is 0.356 e. The molecule has 0 fully saturated rings. The van der Waals surface area contributed by atoms with Crippen molar-refractivity contribution >= 4 is 11.6 Å². The highest BCUT2D eigenvalue weighted by Gasteiger charge is 2.10. The Bertz CT molecular complexity index is 1070. The van der Waals surface area contributed by atoms with Gasteiger partial charge in [-0.05, 0) is 42.8 Å². The van der Waals surface area contributed by atoms with Gasteiger partial charge >= 0.3 is 0 Å². The van der Waals surface area contributed by atoms with E-state index in [1.54, 1.807) is 12.1 Å². The number of fused-ring (bicyclic) bond motifs is 1. The van der Waals surface area contributed by atoms with Crippen molar-refractivity contribution in [1.82, 2.24) is 24.8 Å². The van der Waals surface area contributed by atoms with Crippen LogP contribution < -0.4 is 5.32 Å². The zero-order valence-corrected chi connectivity index (χ0v) is 15.7. The topological polar surface area (TPSA) is 85.3 Å². The fourth-order valence-electron chi connectivity index (χ4n) is 3.00. The van der Waals surface area contributed by atoms with Crippen LogP contribution in [0.4, 0.5) is 4.39 Å². The number of pyridine rings is 1. The minimum Gasteiger partial charge on any atom is -0.356 e. The number of imidazole rings is 1. The third-order valence-electron chi connectivity index (χ3n) is 4.48. The second kappa shape index (κ2) is 8.64. The maximum atomic E-state index is 13.0. The molecule has 7 nitrogen and oxygen atoms in total. The molecule has 1 amide bonds. The average Bonchev–Trinajstić information content (AvgIpc) is 3.35. The van der Waals surface area contributed by atoms with Gasteiger partial charge in [0, 0.05) is 43.8 Å². The van der Waals surface area contributed by atoms with E-state index in [0.717, 1.165) is 11.3 Å². The number of amides is 1. The van der Waals surface area contributed by atoms with E-state index in [2.05, 4.69) is 20.4 Å². The first-order valence-electron chi connectivity index (χ1n) is 9.45. The lowest BCUT2D eigenvalue weighted by Gasteiger charge is -2.02. The summed E-state index contributed by atoms with van der Waals surface area (Å²) in [5.74, 6) is 0.537. The van der Waals surface area contributed by atoms with Gasteiger partial charge in [-0.1, -0.05) is 11.2 Å². The van der Waals surface area contributed by atoms with E-state index in [1.807, 2.05) is 35.0 Å². The summed E-state index contributed by atoms with van der Waals surface area (Å²) in [6.07, 6.45) is 6.08. The van der Waals surface area contributed by atoms with E-state index in [9.17, 15) is 9.18 Å². The SMILES string of the molecule is O=C(CCCc1nc(-c2ccc(F)cc2)no1)NCCc1cn2ccccc2n1. The minimum absolute atomic E-state index is 0.0213. The molecular formula is C21H20FN5O2. The molecule has 0 spiro atoms. The van der Waals surface area contributed by atoms with Gasteiger partial charge < -0.3 is 14.2 Å². The lowest BCUT2D eigenvalue weighted by atomic mass is 10.2. The molecule has 0 bridgehead atoms. The summed E-state index contributed by atoms with van der Waals surface area (Å²) in [5, 5.41) is 6.80. The molecule has 29 heavy (non-hydrogen) atoms. The number of benzene rings is 1. The Morgan fingerprint density at radius 2 is 1.97 bits per heavy atom. The van der Waals surface area contributed by atoms with Gasteiger partial charge in [-0.2, -0.15) is 4.98 Å². The van der Waals surface area contributed by atoms with Crippen molar-refractivity contribution in [3.8, 4) is 11.4 Å². The van der Waals surface area contributed by atoms with Crippen LogP contribution in [0.3, 0.4) is 0 Å². The first kappa shape index (κ1) is 18.8. The molecule has 3 heterocycles. The molecule has 1 N–H and O–H groups in total. The molecule has 1 aromatic carbocycles. The monoisotopic (exact) mass is 393 g/mol. The van der Waals surface area contributed by atoms with Gasteiger partial charge in [-0.3, -0.25) is 4.79 Å². The first-order chi connectivity index (χ1) is 14.2. The Labute approximate surface area is 166 Å². The van der Waals surface area contributed by atoms with Crippen LogP contribution in [0.15, 0.2) is 59.4 Å². The fraction of sp³-hybridized carbons (Fsp3) is 0.238. The summed E-state index contributed by atoms with van der Waals surface area (Å²) in [6.45, 7) is 0.540. The number of aryl methyl sites for hydroxylation is 1. The third-order valence-corrected chi connectivity index (χ3v) is 4.48. The van der Waals surface area contributed by atoms with Crippen LogP contribution >= 0.6 is 0 Å². The van der Waals surface area contributed by atoms with Crippen LogP contribution in [-0.4, -0.2) is 32.0 Å². The minimum atomic E-state index is -0.315. The standard InChI is InChI=1S/C21H20FN5O2/c22-16-9-7-15(8-10-16)21-25-20(29-26-21)6-3-5-19(28)23-12-11-17-14-27-13-2-1-4-18(27)24-17/h1-2,4,7-10,13-14H,3,5-6,11-12H2,(H,23,28). The molecule has 3 aromatic heterocycles. The molecular weight excluding hydrogens is 373 g/mol. The highest BCUT2D eigenvalue weighted by molar-refractivity contribution is 5.75. The van der Waals surface area contributed by atoms with E-state index in [-0.39, 0.29) is 11.7 Å². The van der Waals surface area contributed by atoms with Crippen LogP contribution in [-0.2, 0) is 17.6 Å². The van der Waals surface area contributed by atoms with E-state index in [1.165, 1.54) is 12.1 Å². The van der Waals surface area contributed by atoms with Crippen LogP contribution in [0, 0.1) is 5.82 Å². The predicted octanol–water partition coefficient (Wildman–Crippen LogP) is 3.21. The number of nitrogens with zero attached hydrogens (tertiary/aromatic N) is 4. The molecule has 8 heteroatoms. The zero-order chi connectivity index (χ0) is 20.1. The Hall–Kier alpha value is -3.55. The maximum Gasteiger partial charge on any atom is 0.226 e. The number of nitrogens with one attached hydrogen (secondary N) is 1. The molecule has 4 rings (SSSR count). The van der Waals surface area contributed by atoms with E-state index >= 15 is 0 Å². The van der Waals surface area contributed by atoms with Crippen LogP contribution in [0.25, 0.3) is 17.0 Å². The van der Waals surface area contributed by atoms with E-state index < -0.39 is 0 Å². The number of aromatic nitrogens is 4. The van der Waals surface area contributed by atoms with E-state index in [4.69, 9.17) is 4.52 Å². The van der Waals surface area contributed by atoms with Crippen molar-refractivity contribution in [2.45, 2.75) is 25.7 Å². The third kappa shape index (κ3) is 4.84. The fourth-order valence-corrected chi connectivity index (χ4v) is 3.00. The Morgan fingerprint density at radius 3 is 2.79 bits per heavy atom. The quantitative estimate of drug-likeness (QED) is 0.497. The molecule has 4 aromatic rings. The normalized spacial score (nSPS) is 11.1. The molecule has 0 radical (unpaired) electrons. The zero-order valence-electron chi connectivity index (χ0n) is 15.7. The van der Waals surface area contributed by atoms with Crippen LogP contribution in [0.5, 0.6) is 0 Å². The van der Waals surface area contributed by atoms with Gasteiger partial charge in [-0.15, -0.1) is 0 Å². The molecule has 0 saturated heterocycles. The van der Waals surface area contributed by atoms with Gasteiger partial charge in [0.25, 0.3) is 0 Å². The van der Waals surface area contributed by atoms with Gasteiger partial charge in [0.1, 0.15) is 11.5 Å². The highest BCUT2D eigenvalue weighted by Crippen LogP contribution is 2.16. The number of hydrogen-bond donors (Lipinski definition) is 1. The molecule has 0 atom stereocenters. The highest BCUT2D eigenvalue weighted by atomic mass is 19.1. The number of halogens is 1. The van der Waals surface area contributed by atoms with Crippen LogP contribution in [0.2, 0.25) is 0 Å². The Kier molecular flexibility index (Phi) is 5.60. The summed E-state index contributed by atoms with van der Waals surface area (Å²) >= 11 is 0. The van der Waals surface area contributed by atoms with Crippen molar-refractivity contribution in [3.63, 3.8) is 0 Å². The summed E-state index contributed by atoms with van der Waals surface area (Å²) in [5.41, 5.74) is 2.52. The van der Waals surface area contributed by atoms with Gasteiger partial charge in [-0.25, -0.2) is 9.37 Å². The Balaban J connectivity index is 1.18. The molecule has 0 aliphatic rings. The second-order valence-corrected chi connectivity index (χ2v) is 6.67. The molecule has 0 unspecified atom stereocenters. The summed E-state index contributed by atoms with van der Waals surface area (Å²) in [7, 11) is 0. The summed E-state index contributed by atoms with van der Waals surface area (Å²) < 4.78 is 20.1. The van der Waals surface area contributed by atoms with Gasteiger partial charge in [0.05, 0.1) is 5.69 Å². The van der Waals surface area contributed by atoms with Crippen molar-refractivity contribution in [2.24, 2.45) is 0 Å². The van der Waals surface area contributed by atoms with Gasteiger partial charge in [0.15, 0.2) is 0 Å². The van der Waals surface area contributed by atoms with Crippen LogP contribution in [0.1, 0.15) is 24.4 Å². The lowest BCUT2D eigenvalue weighted by molar-refractivity contribution is -0.121. The lowest BCUT2D eigenvalue weighted by Crippen LogP contribution is -2.25. The van der Waals surface area contributed by atoms with E-state index in [0.29, 0.717) is 49.5 Å². The molecule has 0 aliphatic carbocycles. The number of carbonyl (C=O) groups excluding carboxylic acids is 1. The Morgan fingerprint density at radius 1 is 1.10 bits per heavy atom. The van der Waals surface area contributed by atoms with Crippen molar-refractivity contribution in [2.75, 3.05) is 6.54 Å². The summed E-state index contributed by atoms with van der Waals surface area (Å²) in [4.78, 5) is 20.8. The maximum absolute atomic E-state index is 13.0. The molecule has 0 aliphatic heterocycles.